The van der Waals surface area contributed by atoms with E-state index >= 15 is 0 Å². The van der Waals surface area contributed by atoms with E-state index in [4.69, 9.17) is 18.9 Å². The van der Waals surface area contributed by atoms with Crippen molar-refractivity contribution in [3.63, 3.8) is 0 Å². The maximum atomic E-state index is 13.0. The molecule has 1 aliphatic heterocycles. The molecule has 0 bridgehead atoms. The number of hydrogen-bond acceptors (Lipinski definition) is 8. The first-order valence-corrected chi connectivity index (χ1v) is 10.5. The van der Waals surface area contributed by atoms with Crippen LogP contribution in [0.5, 0.6) is 23.1 Å². The largest absolute Gasteiger partial charge is 0.495 e. The van der Waals surface area contributed by atoms with Crippen LogP contribution < -0.4 is 29.2 Å². The minimum Gasteiger partial charge on any atom is -0.495 e. The number of piperazine rings is 1. The molecule has 1 aromatic heterocycles. The zero-order valence-corrected chi connectivity index (χ0v) is 19.1. The molecule has 10 heteroatoms. The second-order valence-electron chi connectivity index (χ2n) is 7.35. The van der Waals surface area contributed by atoms with Gasteiger partial charge in [-0.3, -0.25) is 5.32 Å². The Bertz CT molecular complexity index is 1150. The standard InChI is InChI=1S/C23H27N5O5/c1-30-18-8-6-5-7-17(18)27-9-11-28(12-10-27)23(29)26-21-22(33-4)25-16-14-20(32-3)19(31-2)13-15(16)24-21/h5-8,13-14H,9-12H2,1-4H3,(H,24,26,29). The fraction of sp³-hybridized carbons (Fsp3) is 0.348. The fourth-order valence-electron chi connectivity index (χ4n) is 3.81. The highest BCUT2D eigenvalue weighted by molar-refractivity contribution is 5.91. The number of ether oxygens (including phenoxy) is 4. The molecule has 1 saturated heterocycles. The molecule has 10 nitrogen and oxygen atoms in total. The van der Waals surface area contributed by atoms with E-state index in [1.807, 2.05) is 24.3 Å². The molecule has 0 spiro atoms. The van der Waals surface area contributed by atoms with Crippen molar-refractivity contribution in [3.8, 4) is 23.1 Å². The summed E-state index contributed by atoms with van der Waals surface area (Å²) in [5.41, 5.74) is 2.13. The molecule has 4 rings (SSSR count). The van der Waals surface area contributed by atoms with Gasteiger partial charge in [-0.25, -0.2) is 14.8 Å². The molecule has 0 atom stereocenters. The van der Waals surface area contributed by atoms with E-state index in [-0.39, 0.29) is 17.7 Å². The van der Waals surface area contributed by atoms with E-state index in [1.165, 1.54) is 7.11 Å². The number of benzene rings is 2. The van der Waals surface area contributed by atoms with Gasteiger partial charge in [-0.05, 0) is 12.1 Å². The molecule has 0 saturated carbocycles. The second kappa shape index (κ2) is 9.68. The molecule has 3 aromatic rings. The summed E-state index contributed by atoms with van der Waals surface area (Å²) in [6.45, 7) is 2.48. The average Bonchev–Trinajstić information content (AvgIpc) is 2.87. The molecule has 0 radical (unpaired) electrons. The first-order valence-electron chi connectivity index (χ1n) is 10.5. The van der Waals surface area contributed by atoms with Crippen molar-refractivity contribution in [1.29, 1.82) is 0 Å². The van der Waals surface area contributed by atoms with E-state index < -0.39 is 0 Å². The van der Waals surface area contributed by atoms with Gasteiger partial charge in [-0.15, -0.1) is 0 Å². The Morgan fingerprint density at radius 3 is 2.03 bits per heavy atom. The molecule has 1 N–H and O–H groups in total. The number of aromatic nitrogens is 2. The summed E-state index contributed by atoms with van der Waals surface area (Å²) < 4.78 is 21.5. The van der Waals surface area contributed by atoms with Gasteiger partial charge in [0.2, 0.25) is 0 Å². The molecular weight excluding hydrogens is 426 g/mol. The number of carbonyl (C=O) groups is 1. The second-order valence-corrected chi connectivity index (χ2v) is 7.35. The van der Waals surface area contributed by atoms with E-state index in [9.17, 15) is 4.79 Å². The van der Waals surface area contributed by atoms with Gasteiger partial charge >= 0.3 is 6.03 Å². The number of amides is 2. The van der Waals surface area contributed by atoms with Crippen molar-refractivity contribution < 1.29 is 23.7 Å². The molecule has 2 amide bonds. The van der Waals surface area contributed by atoms with E-state index in [0.717, 1.165) is 11.4 Å². The zero-order chi connectivity index (χ0) is 23.4. The summed E-state index contributed by atoms with van der Waals surface area (Å²) in [6, 6.07) is 11.0. The smallest absolute Gasteiger partial charge is 0.323 e. The Hall–Kier alpha value is -3.95. The van der Waals surface area contributed by atoms with Gasteiger partial charge < -0.3 is 28.7 Å². The quantitative estimate of drug-likeness (QED) is 0.608. The summed E-state index contributed by atoms with van der Waals surface area (Å²) >= 11 is 0. The van der Waals surface area contributed by atoms with Crippen molar-refractivity contribution in [2.45, 2.75) is 0 Å². The molecule has 0 aliphatic carbocycles. The lowest BCUT2D eigenvalue weighted by Gasteiger charge is -2.36. The molecule has 2 heterocycles. The lowest BCUT2D eigenvalue weighted by molar-refractivity contribution is 0.208. The van der Waals surface area contributed by atoms with Crippen molar-refractivity contribution in [3.05, 3.63) is 36.4 Å². The van der Waals surface area contributed by atoms with Crippen molar-refractivity contribution >= 4 is 28.6 Å². The Balaban J connectivity index is 1.49. The predicted octanol–water partition coefficient (Wildman–Crippen LogP) is 3.02. The van der Waals surface area contributed by atoms with Crippen molar-refractivity contribution in [2.75, 3.05) is 64.8 Å². The van der Waals surface area contributed by atoms with Gasteiger partial charge in [0.25, 0.3) is 5.88 Å². The first kappa shape index (κ1) is 22.3. The molecule has 0 unspecified atom stereocenters. The zero-order valence-electron chi connectivity index (χ0n) is 19.1. The number of rotatable bonds is 6. The van der Waals surface area contributed by atoms with Crippen LogP contribution in [0.1, 0.15) is 0 Å². The van der Waals surface area contributed by atoms with Gasteiger partial charge in [-0.2, -0.15) is 0 Å². The van der Waals surface area contributed by atoms with Crippen LogP contribution in [0, 0.1) is 0 Å². The lowest BCUT2D eigenvalue weighted by atomic mass is 10.2. The Morgan fingerprint density at radius 2 is 1.42 bits per heavy atom. The summed E-state index contributed by atoms with van der Waals surface area (Å²) in [6.07, 6.45) is 0. The third kappa shape index (κ3) is 4.50. The van der Waals surface area contributed by atoms with Gasteiger partial charge in [0.1, 0.15) is 5.75 Å². The predicted molar refractivity (Wildman–Crippen MR) is 125 cm³/mol. The molecule has 1 aliphatic rings. The van der Waals surface area contributed by atoms with Gasteiger partial charge in [-0.1, -0.05) is 12.1 Å². The van der Waals surface area contributed by atoms with E-state index in [0.29, 0.717) is 48.7 Å². The van der Waals surface area contributed by atoms with Crippen LogP contribution in [-0.2, 0) is 0 Å². The molecular formula is C23H27N5O5. The lowest BCUT2D eigenvalue weighted by Crippen LogP contribution is -2.50. The summed E-state index contributed by atoms with van der Waals surface area (Å²) in [7, 11) is 6.25. The molecule has 2 aromatic carbocycles. The number of carbonyl (C=O) groups excluding carboxylic acids is 1. The number of hydrogen-bond donors (Lipinski definition) is 1. The minimum atomic E-state index is -0.262. The van der Waals surface area contributed by atoms with E-state index in [1.54, 1.807) is 38.4 Å². The molecule has 174 valence electrons. The maximum Gasteiger partial charge on any atom is 0.323 e. The van der Waals surface area contributed by atoms with Crippen LogP contribution in [0.3, 0.4) is 0 Å². The van der Waals surface area contributed by atoms with E-state index in [2.05, 4.69) is 20.2 Å². The van der Waals surface area contributed by atoms with Crippen molar-refractivity contribution in [2.24, 2.45) is 0 Å². The molecule has 33 heavy (non-hydrogen) atoms. The summed E-state index contributed by atoms with van der Waals surface area (Å²) in [5.74, 6) is 2.34. The number of nitrogens with one attached hydrogen (secondary N) is 1. The average molecular weight is 453 g/mol. The molecule has 1 fully saturated rings. The third-order valence-corrected chi connectivity index (χ3v) is 5.55. The third-order valence-electron chi connectivity index (χ3n) is 5.55. The number of methoxy groups -OCH3 is 4. The van der Waals surface area contributed by atoms with Crippen LogP contribution in [-0.4, -0.2) is 75.5 Å². The van der Waals surface area contributed by atoms with Crippen LogP contribution in [0.4, 0.5) is 16.3 Å². The Kier molecular flexibility index (Phi) is 6.53. The number of nitrogens with zero attached hydrogens (tertiary/aromatic N) is 4. The monoisotopic (exact) mass is 453 g/mol. The highest BCUT2D eigenvalue weighted by Gasteiger charge is 2.24. The fourth-order valence-corrected chi connectivity index (χ4v) is 3.81. The highest BCUT2D eigenvalue weighted by Crippen LogP contribution is 2.33. The van der Waals surface area contributed by atoms with Crippen LogP contribution in [0.25, 0.3) is 11.0 Å². The first-order chi connectivity index (χ1) is 16.1. The van der Waals surface area contributed by atoms with Crippen LogP contribution >= 0.6 is 0 Å². The minimum absolute atomic E-state index is 0.218. The summed E-state index contributed by atoms with van der Waals surface area (Å²) in [4.78, 5) is 25.9. The van der Waals surface area contributed by atoms with Gasteiger partial charge in [0, 0.05) is 38.3 Å². The van der Waals surface area contributed by atoms with Gasteiger partial charge in [0.15, 0.2) is 17.3 Å². The number of anilines is 2. The topological polar surface area (TPSA) is 98.3 Å². The highest BCUT2D eigenvalue weighted by atomic mass is 16.5. The maximum absolute atomic E-state index is 13.0. The normalized spacial score (nSPS) is 13.6. The van der Waals surface area contributed by atoms with Crippen LogP contribution in [0.2, 0.25) is 0 Å². The Labute approximate surface area is 192 Å². The number of urea groups is 1. The van der Waals surface area contributed by atoms with Gasteiger partial charge in [0.05, 0.1) is 45.2 Å². The van der Waals surface area contributed by atoms with Crippen LogP contribution in [0.15, 0.2) is 36.4 Å². The SMILES string of the molecule is COc1cc2nc(NC(=O)N3CCN(c4ccccc4OC)CC3)c(OC)nc2cc1OC. The van der Waals surface area contributed by atoms with Crippen molar-refractivity contribution in [1.82, 2.24) is 14.9 Å². The summed E-state index contributed by atoms with van der Waals surface area (Å²) in [5, 5.41) is 2.84. The Morgan fingerprint density at radius 1 is 0.818 bits per heavy atom. The number of para-hydroxylation sites is 2. The number of fused-ring (bicyclic) bond motifs is 1.